The number of piperidine rings is 1. The number of rotatable bonds is 1. The SMILES string of the molecule is CC(C)C1CNC2(CCCN(C(=O)OC(C)(C)C)C2)C1. The van der Waals surface area contributed by atoms with Crippen molar-refractivity contribution in [3.63, 3.8) is 0 Å². The average Bonchev–Trinajstić information content (AvgIpc) is 2.71. The molecule has 2 rings (SSSR count). The van der Waals surface area contributed by atoms with Gasteiger partial charge in [-0.3, -0.25) is 0 Å². The Morgan fingerprint density at radius 1 is 1.40 bits per heavy atom. The van der Waals surface area contributed by atoms with Crippen LogP contribution in [0.2, 0.25) is 0 Å². The average molecular weight is 282 g/mol. The van der Waals surface area contributed by atoms with Gasteiger partial charge in [0, 0.05) is 18.6 Å². The van der Waals surface area contributed by atoms with Gasteiger partial charge in [0.15, 0.2) is 0 Å². The number of nitrogens with zero attached hydrogens (tertiary/aromatic N) is 1. The smallest absolute Gasteiger partial charge is 0.410 e. The molecule has 4 nitrogen and oxygen atoms in total. The zero-order valence-corrected chi connectivity index (χ0v) is 13.7. The lowest BCUT2D eigenvalue weighted by Gasteiger charge is -2.41. The molecule has 0 aromatic carbocycles. The highest BCUT2D eigenvalue weighted by atomic mass is 16.6. The highest BCUT2D eigenvalue weighted by molar-refractivity contribution is 5.68. The van der Waals surface area contributed by atoms with E-state index >= 15 is 0 Å². The molecule has 1 spiro atoms. The van der Waals surface area contributed by atoms with E-state index in [0.29, 0.717) is 5.92 Å². The van der Waals surface area contributed by atoms with E-state index in [0.717, 1.165) is 32.0 Å². The molecule has 0 aromatic heterocycles. The highest BCUT2D eigenvalue weighted by Gasteiger charge is 2.44. The summed E-state index contributed by atoms with van der Waals surface area (Å²) in [7, 11) is 0. The Morgan fingerprint density at radius 2 is 2.10 bits per heavy atom. The van der Waals surface area contributed by atoms with Gasteiger partial charge in [0.1, 0.15) is 5.60 Å². The van der Waals surface area contributed by atoms with E-state index in [4.69, 9.17) is 4.74 Å². The molecule has 0 aromatic rings. The monoisotopic (exact) mass is 282 g/mol. The number of likely N-dealkylation sites (tertiary alicyclic amines) is 1. The number of ether oxygens (including phenoxy) is 1. The molecule has 2 heterocycles. The zero-order valence-electron chi connectivity index (χ0n) is 13.7. The van der Waals surface area contributed by atoms with Gasteiger partial charge in [0.05, 0.1) is 0 Å². The molecular weight excluding hydrogens is 252 g/mol. The van der Waals surface area contributed by atoms with E-state index in [1.165, 1.54) is 12.8 Å². The van der Waals surface area contributed by atoms with Gasteiger partial charge in [-0.05, 0) is 58.4 Å². The normalized spacial score (nSPS) is 31.1. The molecule has 2 aliphatic rings. The van der Waals surface area contributed by atoms with Crippen LogP contribution in [-0.2, 0) is 4.74 Å². The maximum Gasteiger partial charge on any atom is 0.410 e. The molecule has 0 aliphatic carbocycles. The molecule has 1 N–H and O–H groups in total. The first-order valence-electron chi connectivity index (χ1n) is 7.94. The molecule has 2 unspecified atom stereocenters. The molecule has 0 radical (unpaired) electrons. The zero-order chi connectivity index (χ0) is 15.0. The maximum absolute atomic E-state index is 12.2. The first-order chi connectivity index (χ1) is 9.21. The Bertz CT molecular complexity index is 362. The molecule has 0 saturated carbocycles. The minimum absolute atomic E-state index is 0.129. The Morgan fingerprint density at radius 3 is 2.65 bits per heavy atom. The number of amides is 1. The summed E-state index contributed by atoms with van der Waals surface area (Å²) in [5.74, 6) is 1.44. The molecule has 2 atom stereocenters. The van der Waals surface area contributed by atoms with Gasteiger partial charge in [-0.25, -0.2) is 4.79 Å². The van der Waals surface area contributed by atoms with Crippen LogP contribution in [0.4, 0.5) is 4.79 Å². The van der Waals surface area contributed by atoms with Crippen LogP contribution in [0.15, 0.2) is 0 Å². The van der Waals surface area contributed by atoms with E-state index in [1.54, 1.807) is 0 Å². The summed E-state index contributed by atoms with van der Waals surface area (Å²) < 4.78 is 5.51. The van der Waals surface area contributed by atoms with Gasteiger partial charge in [-0.1, -0.05) is 13.8 Å². The number of carbonyl (C=O) groups is 1. The lowest BCUT2D eigenvalue weighted by molar-refractivity contribution is 0.0120. The van der Waals surface area contributed by atoms with Crippen LogP contribution < -0.4 is 5.32 Å². The molecule has 2 fully saturated rings. The van der Waals surface area contributed by atoms with E-state index < -0.39 is 5.60 Å². The van der Waals surface area contributed by atoms with E-state index in [1.807, 2.05) is 25.7 Å². The summed E-state index contributed by atoms with van der Waals surface area (Å²) >= 11 is 0. The molecule has 116 valence electrons. The van der Waals surface area contributed by atoms with Crippen molar-refractivity contribution in [2.45, 2.75) is 65.0 Å². The number of carbonyl (C=O) groups excluding carboxylic acids is 1. The third-order valence-corrected chi connectivity index (χ3v) is 4.56. The molecule has 4 heteroatoms. The van der Waals surface area contributed by atoms with Crippen LogP contribution in [0.25, 0.3) is 0 Å². The second-order valence-corrected chi connectivity index (χ2v) is 7.87. The van der Waals surface area contributed by atoms with Gasteiger partial charge >= 0.3 is 6.09 Å². The quantitative estimate of drug-likeness (QED) is 0.804. The fourth-order valence-electron chi connectivity index (χ4n) is 3.39. The lowest BCUT2D eigenvalue weighted by Crippen LogP contribution is -2.56. The number of hydrogen-bond acceptors (Lipinski definition) is 3. The first-order valence-corrected chi connectivity index (χ1v) is 7.94. The summed E-state index contributed by atoms with van der Waals surface area (Å²) in [6.45, 7) is 13.1. The standard InChI is InChI=1S/C16H30N2O2/c1-12(2)13-9-16(17-10-13)7-6-8-18(11-16)14(19)20-15(3,4)5/h12-13,17H,6-11H2,1-5H3. The van der Waals surface area contributed by atoms with Crippen LogP contribution in [0.1, 0.15) is 53.9 Å². The lowest BCUT2D eigenvalue weighted by atomic mass is 9.82. The maximum atomic E-state index is 12.2. The minimum atomic E-state index is -0.411. The fraction of sp³-hybridized carbons (Fsp3) is 0.938. The summed E-state index contributed by atoms with van der Waals surface area (Å²) in [6.07, 6.45) is 3.27. The predicted octanol–water partition coefficient (Wildman–Crippen LogP) is 3.02. The van der Waals surface area contributed by atoms with Gasteiger partial charge in [0.2, 0.25) is 0 Å². The third kappa shape index (κ3) is 3.66. The number of hydrogen-bond donors (Lipinski definition) is 1. The largest absolute Gasteiger partial charge is 0.444 e. The van der Waals surface area contributed by atoms with E-state index in [-0.39, 0.29) is 11.6 Å². The summed E-state index contributed by atoms with van der Waals surface area (Å²) in [4.78, 5) is 14.1. The van der Waals surface area contributed by atoms with Crippen LogP contribution in [-0.4, -0.2) is 41.8 Å². The van der Waals surface area contributed by atoms with Crippen LogP contribution in [0.3, 0.4) is 0 Å². The second kappa shape index (κ2) is 5.55. The molecule has 20 heavy (non-hydrogen) atoms. The van der Waals surface area contributed by atoms with Gasteiger partial charge in [-0.15, -0.1) is 0 Å². The molecule has 2 aliphatic heterocycles. The molecule has 2 saturated heterocycles. The Labute approximate surface area is 123 Å². The van der Waals surface area contributed by atoms with E-state index in [9.17, 15) is 4.79 Å². The molecule has 1 amide bonds. The summed E-state index contributed by atoms with van der Waals surface area (Å²) in [5.41, 5.74) is -0.282. The third-order valence-electron chi connectivity index (χ3n) is 4.56. The molecular formula is C16H30N2O2. The van der Waals surface area contributed by atoms with Gasteiger partial charge in [0.25, 0.3) is 0 Å². The highest BCUT2D eigenvalue weighted by Crippen LogP contribution is 2.36. The van der Waals surface area contributed by atoms with E-state index in [2.05, 4.69) is 19.2 Å². The minimum Gasteiger partial charge on any atom is -0.444 e. The Balaban J connectivity index is 1.97. The fourth-order valence-corrected chi connectivity index (χ4v) is 3.39. The van der Waals surface area contributed by atoms with Crippen molar-refractivity contribution in [3.8, 4) is 0 Å². The summed E-state index contributed by atoms with van der Waals surface area (Å²) in [6, 6.07) is 0. The van der Waals surface area contributed by atoms with Crippen molar-refractivity contribution in [2.24, 2.45) is 11.8 Å². The van der Waals surface area contributed by atoms with Crippen molar-refractivity contribution < 1.29 is 9.53 Å². The predicted molar refractivity (Wildman–Crippen MR) is 80.7 cm³/mol. The summed E-state index contributed by atoms with van der Waals surface area (Å²) in [5, 5.41) is 3.70. The van der Waals surface area contributed by atoms with Crippen molar-refractivity contribution >= 4 is 6.09 Å². The number of nitrogens with one attached hydrogen (secondary N) is 1. The van der Waals surface area contributed by atoms with Crippen molar-refractivity contribution in [1.29, 1.82) is 0 Å². The van der Waals surface area contributed by atoms with Gasteiger partial charge < -0.3 is 15.0 Å². The van der Waals surface area contributed by atoms with Crippen LogP contribution in [0.5, 0.6) is 0 Å². The van der Waals surface area contributed by atoms with Crippen molar-refractivity contribution in [2.75, 3.05) is 19.6 Å². The second-order valence-electron chi connectivity index (χ2n) is 7.87. The Kier molecular flexibility index (Phi) is 4.33. The van der Waals surface area contributed by atoms with Crippen molar-refractivity contribution in [1.82, 2.24) is 10.2 Å². The van der Waals surface area contributed by atoms with Gasteiger partial charge in [-0.2, -0.15) is 0 Å². The molecule has 0 bridgehead atoms. The van der Waals surface area contributed by atoms with Crippen LogP contribution in [0, 0.1) is 11.8 Å². The van der Waals surface area contributed by atoms with Crippen LogP contribution >= 0.6 is 0 Å². The topological polar surface area (TPSA) is 41.6 Å². The Hall–Kier alpha value is -0.770. The van der Waals surface area contributed by atoms with Crippen molar-refractivity contribution in [3.05, 3.63) is 0 Å². The first kappa shape index (κ1) is 15.6.